The van der Waals surface area contributed by atoms with E-state index in [1.54, 1.807) is 0 Å². The van der Waals surface area contributed by atoms with Crippen molar-refractivity contribution in [3.63, 3.8) is 0 Å². The van der Waals surface area contributed by atoms with Crippen LogP contribution in [0.5, 0.6) is 5.75 Å². The van der Waals surface area contributed by atoms with E-state index >= 15 is 0 Å². The molecule has 3 rings (SSSR count). The van der Waals surface area contributed by atoms with E-state index in [0.29, 0.717) is 12.3 Å². The Hall–Kier alpha value is -2.04. The third kappa shape index (κ3) is 3.78. The predicted molar refractivity (Wildman–Crippen MR) is 82.7 cm³/mol. The summed E-state index contributed by atoms with van der Waals surface area (Å²) in [6.45, 7) is 0.792. The Balaban J connectivity index is 1.49. The second-order valence-electron chi connectivity index (χ2n) is 6.18. The van der Waals surface area contributed by atoms with E-state index in [-0.39, 0.29) is 5.91 Å². The highest BCUT2D eigenvalue weighted by Gasteiger charge is 2.29. The van der Waals surface area contributed by atoms with Gasteiger partial charge in [0.15, 0.2) is 0 Å². The Morgan fingerprint density at radius 3 is 2.41 bits per heavy atom. The van der Waals surface area contributed by atoms with Crippen LogP contribution in [0, 0.1) is 5.92 Å². The van der Waals surface area contributed by atoms with E-state index in [9.17, 15) is 9.59 Å². The average Bonchev–Trinajstić information content (AvgIpc) is 2.85. The summed E-state index contributed by atoms with van der Waals surface area (Å²) in [6, 6.07) is 6.89. The zero-order valence-electron chi connectivity index (χ0n) is 12.6. The molecule has 1 aromatic rings. The Morgan fingerprint density at radius 2 is 1.77 bits per heavy atom. The lowest BCUT2D eigenvalue weighted by Gasteiger charge is -2.21. The number of amides is 3. The number of carbonyl (C=O) groups is 2. The van der Waals surface area contributed by atoms with E-state index in [2.05, 4.69) is 10.6 Å². The summed E-state index contributed by atoms with van der Waals surface area (Å²) in [5.74, 6) is 1.29. The molecule has 5 nitrogen and oxygen atoms in total. The number of hydrogen-bond acceptors (Lipinski definition) is 3. The maximum Gasteiger partial charge on any atom is 0.322 e. The van der Waals surface area contributed by atoms with Gasteiger partial charge in [0.1, 0.15) is 11.8 Å². The van der Waals surface area contributed by atoms with Crippen LogP contribution in [0.25, 0.3) is 0 Å². The van der Waals surface area contributed by atoms with Gasteiger partial charge < -0.3 is 10.1 Å². The van der Waals surface area contributed by atoms with Crippen molar-refractivity contribution in [2.24, 2.45) is 5.92 Å². The minimum Gasteiger partial charge on any atom is -0.493 e. The largest absolute Gasteiger partial charge is 0.493 e. The standard InChI is InChI=1S/C17H22N2O3/c20-16-15(18-17(21)19-16)10-12-6-8-14(9-7-12)22-11-13-4-2-1-3-5-13/h6-9,13,15H,1-5,10-11H2,(H2,18,19,20,21). The highest BCUT2D eigenvalue weighted by Crippen LogP contribution is 2.24. The van der Waals surface area contributed by atoms with Crippen molar-refractivity contribution in [2.75, 3.05) is 6.61 Å². The minimum absolute atomic E-state index is 0.261. The number of rotatable bonds is 5. The lowest BCUT2D eigenvalue weighted by atomic mass is 9.90. The van der Waals surface area contributed by atoms with Crippen molar-refractivity contribution in [1.82, 2.24) is 10.6 Å². The van der Waals surface area contributed by atoms with Crippen LogP contribution in [0.2, 0.25) is 0 Å². The molecule has 0 bridgehead atoms. The molecule has 1 saturated carbocycles. The summed E-state index contributed by atoms with van der Waals surface area (Å²) >= 11 is 0. The number of imide groups is 1. The molecule has 2 aliphatic rings. The van der Waals surface area contributed by atoms with Crippen molar-refractivity contribution >= 4 is 11.9 Å². The van der Waals surface area contributed by atoms with E-state index in [1.165, 1.54) is 32.1 Å². The summed E-state index contributed by atoms with van der Waals surface area (Å²) in [5, 5.41) is 4.85. The highest BCUT2D eigenvalue weighted by atomic mass is 16.5. The minimum atomic E-state index is -0.471. The molecular formula is C17H22N2O3. The van der Waals surface area contributed by atoms with Gasteiger partial charge in [-0.3, -0.25) is 10.1 Å². The van der Waals surface area contributed by atoms with Gasteiger partial charge in [0.2, 0.25) is 0 Å². The summed E-state index contributed by atoms with van der Waals surface area (Å²) in [5.41, 5.74) is 1.01. The lowest BCUT2D eigenvalue weighted by Crippen LogP contribution is -2.31. The maximum absolute atomic E-state index is 11.5. The van der Waals surface area contributed by atoms with Crippen LogP contribution in [-0.4, -0.2) is 24.6 Å². The fourth-order valence-corrected chi connectivity index (χ4v) is 3.13. The molecule has 1 atom stereocenters. The first kappa shape index (κ1) is 14.9. The first-order valence-electron chi connectivity index (χ1n) is 8.04. The van der Waals surface area contributed by atoms with Crippen molar-refractivity contribution < 1.29 is 14.3 Å². The quantitative estimate of drug-likeness (QED) is 0.821. The van der Waals surface area contributed by atoms with Gasteiger partial charge in [-0.2, -0.15) is 0 Å². The molecule has 1 aromatic carbocycles. The molecule has 1 aliphatic carbocycles. The van der Waals surface area contributed by atoms with Crippen molar-refractivity contribution in [1.29, 1.82) is 0 Å². The second kappa shape index (κ2) is 6.81. The molecule has 3 amide bonds. The van der Waals surface area contributed by atoms with Crippen molar-refractivity contribution in [2.45, 2.75) is 44.6 Å². The summed E-state index contributed by atoms with van der Waals surface area (Å²) < 4.78 is 5.86. The molecule has 1 unspecified atom stereocenters. The number of ether oxygens (including phenoxy) is 1. The van der Waals surface area contributed by atoms with Crippen LogP contribution < -0.4 is 15.4 Å². The van der Waals surface area contributed by atoms with Crippen molar-refractivity contribution in [3.8, 4) is 5.75 Å². The van der Waals surface area contributed by atoms with E-state index in [4.69, 9.17) is 4.74 Å². The molecule has 5 heteroatoms. The number of urea groups is 1. The molecule has 1 heterocycles. The van der Waals surface area contributed by atoms with Crippen LogP contribution >= 0.6 is 0 Å². The predicted octanol–water partition coefficient (Wildman–Crippen LogP) is 2.40. The second-order valence-corrected chi connectivity index (χ2v) is 6.18. The Morgan fingerprint density at radius 1 is 1.05 bits per heavy atom. The normalized spacial score (nSPS) is 22.3. The Labute approximate surface area is 130 Å². The maximum atomic E-state index is 11.5. The average molecular weight is 302 g/mol. The SMILES string of the molecule is O=C1NC(=O)C(Cc2ccc(OCC3CCCCC3)cc2)N1. The molecule has 1 aliphatic heterocycles. The molecular weight excluding hydrogens is 280 g/mol. The zero-order chi connectivity index (χ0) is 15.4. The van der Waals surface area contributed by atoms with Crippen LogP contribution in [0.1, 0.15) is 37.7 Å². The van der Waals surface area contributed by atoms with Crippen LogP contribution in [0.3, 0.4) is 0 Å². The molecule has 0 radical (unpaired) electrons. The monoisotopic (exact) mass is 302 g/mol. The van der Waals surface area contributed by atoms with Gasteiger partial charge in [-0.05, 0) is 36.5 Å². The van der Waals surface area contributed by atoms with Gasteiger partial charge >= 0.3 is 6.03 Å². The smallest absolute Gasteiger partial charge is 0.322 e. The highest BCUT2D eigenvalue weighted by molar-refractivity contribution is 6.04. The number of carbonyl (C=O) groups excluding carboxylic acids is 2. The van der Waals surface area contributed by atoms with Gasteiger partial charge in [0.05, 0.1) is 6.61 Å². The Kier molecular flexibility index (Phi) is 4.61. The summed E-state index contributed by atoms with van der Waals surface area (Å²) in [6.07, 6.45) is 7.05. The zero-order valence-corrected chi connectivity index (χ0v) is 12.6. The van der Waals surface area contributed by atoms with Crippen LogP contribution in [-0.2, 0) is 11.2 Å². The van der Waals surface area contributed by atoms with E-state index in [1.807, 2.05) is 24.3 Å². The first-order valence-corrected chi connectivity index (χ1v) is 8.04. The number of nitrogens with one attached hydrogen (secondary N) is 2. The fourth-order valence-electron chi connectivity index (χ4n) is 3.13. The van der Waals surface area contributed by atoms with Gasteiger partial charge in [0, 0.05) is 6.42 Å². The van der Waals surface area contributed by atoms with Crippen LogP contribution in [0.4, 0.5) is 4.79 Å². The van der Waals surface area contributed by atoms with E-state index in [0.717, 1.165) is 17.9 Å². The molecule has 22 heavy (non-hydrogen) atoms. The molecule has 0 spiro atoms. The van der Waals surface area contributed by atoms with Gasteiger partial charge in [-0.25, -0.2) is 4.79 Å². The number of hydrogen-bond donors (Lipinski definition) is 2. The van der Waals surface area contributed by atoms with E-state index < -0.39 is 12.1 Å². The summed E-state index contributed by atoms with van der Waals surface area (Å²) in [4.78, 5) is 22.6. The van der Waals surface area contributed by atoms with Gasteiger partial charge in [-0.1, -0.05) is 31.4 Å². The topological polar surface area (TPSA) is 67.4 Å². The molecule has 0 aromatic heterocycles. The Bertz CT molecular complexity index is 535. The summed E-state index contributed by atoms with van der Waals surface area (Å²) in [7, 11) is 0. The molecule has 1 saturated heterocycles. The van der Waals surface area contributed by atoms with Gasteiger partial charge in [-0.15, -0.1) is 0 Å². The fraction of sp³-hybridized carbons (Fsp3) is 0.529. The first-order chi connectivity index (χ1) is 10.7. The molecule has 118 valence electrons. The lowest BCUT2D eigenvalue weighted by molar-refractivity contribution is -0.120. The molecule has 2 N–H and O–H groups in total. The third-order valence-corrected chi connectivity index (χ3v) is 4.43. The van der Waals surface area contributed by atoms with Crippen molar-refractivity contribution in [3.05, 3.63) is 29.8 Å². The number of benzene rings is 1. The van der Waals surface area contributed by atoms with Gasteiger partial charge in [0.25, 0.3) is 5.91 Å². The molecule has 2 fully saturated rings. The van der Waals surface area contributed by atoms with Crippen LogP contribution in [0.15, 0.2) is 24.3 Å². The third-order valence-electron chi connectivity index (χ3n) is 4.43.